The summed E-state index contributed by atoms with van der Waals surface area (Å²) in [6.07, 6.45) is 8.04. The number of carbonyl (C=O) groups is 1. The monoisotopic (exact) mass is 461 g/mol. The summed E-state index contributed by atoms with van der Waals surface area (Å²) < 4.78 is 11.6. The molecule has 2 aliphatic rings. The molecule has 0 saturated heterocycles. The first kappa shape index (κ1) is 24.2. The lowest BCUT2D eigenvalue weighted by atomic mass is 9.80. The fourth-order valence-electron chi connectivity index (χ4n) is 4.91. The molecule has 0 saturated carbocycles. The lowest BCUT2D eigenvalue weighted by Crippen LogP contribution is -2.33. The first-order chi connectivity index (χ1) is 16.6. The molecule has 2 N–H and O–H groups in total. The number of rotatable bonds is 9. The number of dihydropyridines is 1. The Morgan fingerprint density at radius 2 is 2.00 bits per heavy atom. The van der Waals surface area contributed by atoms with Crippen molar-refractivity contribution in [2.75, 3.05) is 13.7 Å². The van der Waals surface area contributed by atoms with E-state index in [9.17, 15) is 9.90 Å². The van der Waals surface area contributed by atoms with Gasteiger partial charge in [0.05, 0.1) is 19.3 Å². The largest absolute Gasteiger partial charge is 0.465 e. The smallest absolute Gasteiger partial charge is 0.338 e. The molecule has 1 heterocycles. The van der Waals surface area contributed by atoms with Crippen LogP contribution in [0.5, 0.6) is 0 Å². The van der Waals surface area contributed by atoms with Crippen LogP contribution in [0.25, 0.3) is 11.1 Å². The fraction of sp³-hybridized carbons (Fsp3) is 0.414. The predicted molar refractivity (Wildman–Crippen MR) is 134 cm³/mol. The van der Waals surface area contributed by atoms with Crippen LogP contribution in [-0.2, 0) is 16.1 Å². The van der Waals surface area contributed by atoms with Crippen LogP contribution in [0.2, 0.25) is 0 Å². The van der Waals surface area contributed by atoms with Gasteiger partial charge in [0.1, 0.15) is 6.10 Å². The van der Waals surface area contributed by atoms with Gasteiger partial charge in [-0.1, -0.05) is 55.8 Å². The third-order valence-corrected chi connectivity index (χ3v) is 6.85. The van der Waals surface area contributed by atoms with E-state index >= 15 is 0 Å². The minimum atomic E-state index is -0.353. The topological polar surface area (TPSA) is 67.8 Å². The lowest BCUT2D eigenvalue weighted by molar-refractivity contribution is 0.0600. The molecular weight excluding hydrogens is 426 g/mol. The summed E-state index contributed by atoms with van der Waals surface area (Å²) in [6, 6.07) is 15.8. The summed E-state index contributed by atoms with van der Waals surface area (Å²) in [5.41, 5.74) is 7.08. The van der Waals surface area contributed by atoms with Gasteiger partial charge in [0.15, 0.2) is 0 Å². The molecule has 0 fully saturated rings. The maximum absolute atomic E-state index is 12.6. The average molecular weight is 462 g/mol. The van der Waals surface area contributed by atoms with Gasteiger partial charge < -0.3 is 19.9 Å². The molecule has 4 rings (SSSR count). The number of aliphatic hydroxyl groups excluding tert-OH is 1. The molecule has 5 nitrogen and oxygen atoms in total. The highest BCUT2D eigenvalue weighted by molar-refractivity contribution is 5.97. The van der Waals surface area contributed by atoms with E-state index in [4.69, 9.17) is 9.47 Å². The zero-order valence-electron chi connectivity index (χ0n) is 20.2. The molecule has 2 aromatic carbocycles. The van der Waals surface area contributed by atoms with Crippen LogP contribution in [0.1, 0.15) is 61.4 Å². The molecule has 0 radical (unpaired) electrons. The van der Waals surface area contributed by atoms with E-state index in [1.807, 2.05) is 48.5 Å². The van der Waals surface area contributed by atoms with Gasteiger partial charge in [-0.15, -0.1) is 0 Å². The van der Waals surface area contributed by atoms with Crippen molar-refractivity contribution in [3.8, 4) is 11.1 Å². The third kappa shape index (κ3) is 5.43. The fourth-order valence-corrected chi connectivity index (χ4v) is 4.91. The summed E-state index contributed by atoms with van der Waals surface area (Å²) in [5.74, 6) is -0.0672. The Morgan fingerprint density at radius 3 is 2.74 bits per heavy atom. The Bertz CT molecular complexity index is 1060. The van der Waals surface area contributed by atoms with Crippen molar-refractivity contribution in [1.82, 2.24) is 5.32 Å². The average Bonchev–Trinajstić information content (AvgIpc) is 2.90. The van der Waals surface area contributed by atoms with Crippen LogP contribution >= 0.6 is 0 Å². The van der Waals surface area contributed by atoms with E-state index in [2.05, 4.69) is 18.4 Å². The first-order valence-electron chi connectivity index (χ1n) is 12.3. The quantitative estimate of drug-likeness (QED) is 0.466. The zero-order valence-corrected chi connectivity index (χ0v) is 20.2. The second kappa shape index (κ2) is 11.5. The van der Waals surface area contributed by atoms with E-state index in [0.29, 0.717) is 12.2 Å². The van der Waals surface area contributed by atoms with Crippen LogP contribution in [0.3, 0.4) is 0 Å². The van der Waals surface area contributed by atoms with Crippen LogP contribution in [0.15, 0.2) is 71.6 Å². The number of methoxy groups -OCH3 is 1. The molecule has 5 heteroatoms. The van der Waals surface area contributed by atoms with Crippen molar-refractivity contribution < 1.29 is 19.4 Å². The standard InChI is InChI=1S/C29H35NO4/c1-3-4-8-23-17-30-27-14-12-20(18-31)15-26(27)28(23)34-19-21-11-13-24(22-9-6-5-7-10-22)25(16-21)29(32)33-2/h5-7,9-11,13,16-17,20,28,30-31H,3-4,8,12,14-15,18-19H2,1-2H3. The van der Waals surface area contributed by atoms with Crippen molar-refractivity contribution in [3.63, 3.8) is 0 Å². The van der Waals surface area contributed by atoms with Gasteiger partial charge in [0.2, 0.25) is 0 Å². The third-order valence-electron chi connectivity index (χ3n) is 6.85. The minimum absolute atomic E-state index is 0.0903. The number of benzene rings is 2. The summed E-state index contributed by atoms with van der Waals surface area (Å²) in [7, 11) is 1.41. The molecule has 0 amide bonds. The van der Waals surface area contributed by atoms with Gasteiger partial charge in [-0.3, -0.25) is 0 Å². The van der Waals surface area contributed by atoms with Crippen LogP contribution in [-0.4, -0.2) is 30.9 Å². The normalized spacial score (nSPS) is 19.8. The molecule has 2 atom stereocenters. The summed E-state index contributed by atoms with van der Waals surface area (Å²) >= 11 is 0. The number of hydrogen-bond donors (Lipinski definition) is 2. The summed E-state index contributed by atoms with van der Waals surface area (Å²) in [4.78, 5) is 12.6. The maximum Gasteiger partial charge on any atom is 0.338 e. The predicted octanol–water partition coefficient (Wildman–Crippen LogP) is 5.75. The SMILES string of the molecule is CCCCC1=CNC2=C(CC(CO)CC2)C1OCc1ccc(-c2ccccc2)c(C(=O)OC)c1. The minimum Gasteiger partial charge on any atom is -0.465 e. The zero-order chi connectivity index (χ0) is 23.9. The molecule has 2 unspecified atom stereocenters. The van der Waals surface area contributed by atoms with E-state index < -0.39 is 0 Å². The van der Waals surface area contributed by atoms with E-state index in [-0.39, 0.29) is 24.6 Å². The Kier molecular flexibility index (Phi) is 8.20. The highest BCUT2D eigenvalue weighted by atomic mass is 16.5. The molecule has 1 aliphatic carbocycles. The molecule has 180 valence electrons. The van der Waals surface area contributed by atoms with Gasteiger partial charge in [0.25, 0.3) is 0 Å². The van der Waals surface area contributed by atoms with Crippen LogP contribution in [0.4, 0.5) is 0 Å². The number of aliphatic hydroxyl groups is 1. The number of ether oxygens (including phenoxy) is 2. The second-order valence-corrected chi connectivity index (χ2v) is 9.19. The van der Waals surface area contributed by atoms with Crippen LogP contribution < -0.4 is 5.32 Å². The van der Waals surface area contributed by atoms with E-state index in [1.54, 1.807) is 0 Å². The van der Waals surface area contributed by atoms with E-state index in [0.717, 1.165) is 55.2 Å². The van der Waals surface area contributed by atoms with Gasteiger partial charge in [-0.25, -0.2) is 4.79 Å². The second-order valence-electron chi connectivity index (χ2n) is 9.19. The number of allylic oxidation sites excluding steroid dienone is 1. The van der Waals surface area contributed by atoms with Crippen molar-refractivity contribution >= 4 is 5.97 Å². The molecule has 0 spiro atoms. The Labute approximate surface area is 202 Å². The number of hydrogen-bond acceptors (Lipinski definition) is 5. The summed E-state index contributed by atoms with van der Waals surface area (Å²) in [6.45, 7) is 2.80. The van der Waals surface area contributed by atoms with Crippen molar-refractivity contribution in [1.29, 1.82) is 0 Å². The highest BCUT2D eigenvalue weighted by Crippen LogP contribution is 2.37. The van der Waals surface area contributed by atoms with Crippen molar-refractivity contribution in [2.45, 2.75) is 58.2 Å². The maximum atomic E-state index is 12.6. The molecule has 1 aliphatic heterocycles. The number of esters is 1. The van der Waals surface area contributed by atoms with Gasteiger partial charge in [-0.2, -0.15) is 0 Å². The molecule has 0 aromatic heterocycles. The van der Waals surface area contributed by atoms with Crippen molar-refractivity contribution in [3.05, 3.63) is 82.7 Å². The number of unbranched alkanes of at least 4 members (excludes halogenated alkanes) is 1. The van der Waals surface area contributed by atoms with Gasteiger partial charge >= 0.3 is 5.97 Å². The van der Waals surface area contributed by atoms with E-state index in [1.165, 1.54) is 24.0 Å². The van der Waals surface area contributed by atoms with Crippen LogP contribution in [0, 0.1) is 5.92 Å². The number of nitrogens with one attached hydrogen (secondary N) is 1. The van der Waals surface area contributed by atoms with Gasteiger partial charge in [0, 0.05) is 18.5 Å². The lowest BCUT2D eigenvalue weighted by Gasteiger charge is -2.36. The first-order valence-corrected chi connectivity index (χ1v) is 12.3. The van der Waals surface area contributed by atoms with Crippen molar-refractivity contribution in [2.24, 2.45) is 5.92 Å². The summed E-state index contributed by atoms with van der Waals surface area (Å²) in [5, 5.41) is 13.3. The molecule has 2 aromatic rings. The Hall–Kier alpha value is -2.89. The highest BCUT2D eigenvalue weighted by Gasteiger charge is 2.31. The molecular formula is C29H35NO4. The Morgan fingerprint density at radius 1 is 1.18 bits per heavy atom. The number of carbonyl (C=O) groups excluding carboxylic acids is 1. The van der Waals surface area contributed by atoms with Gasteiger partial charge in [-0.05, 0) is 71.9 Å². The molecule has 0 bridgehead atoms. The Balaban J connectivity index is 1.58. The molecule has 34 heavy (non-hydrogen) atoms.